The number of carbonyl (C=O) groups is 1. The quantitative estimate of drug-likeness (QED) is 0.900. The normalized spacial score (nSPS) is 18.3. The van der Waals surface area contributed by atoms with E-state index in [9.17, 15) is 13.2 Å². The summed E-state index contributed by atoms with van der Waals surface area (Å²) < 4.78 is 22.7. The van der Waals surface area contributed by atoms with Crippen LogP contribution in [0.25, 0.3) is 0 Å². The number of pyridine rings is 1. The van der Waals surface area contributed by atoms with Crippen LogP contribution >= 0.6 is 0 Å². The topological polar surface area (TPSA) is 76.1 Å². The molecule has 0 saturated carbocycles. The van der Waals surface area contributed by atoms with E-state index in [1.165, 1.54) is 0 Å². The molecule has 0 unspecified atom stereocenters. The second-order valence-electron chi connectivity index (χ2n) is 6.27. The minimum atomic E-state index is -2.81. The zero-order chi connectivity index (χ0) is 16.2. The lowest BCUT2D eigenvalue weighted by molar-refractivity contribution is 0.0950. The van der Waals surface area contributed by atoms with Crippen LogP contribution in [0.15, 0.2) is 18.3 Å². The first-order valence-electron chi connectivity index (χ1n) is 7.82. The first kappa shape index (κ1) is 16.9. The minimum absolute atomic E-state index is 0.119. The number of sulfone groups is 1. The molecule has 1 aromatic rings. The second kappa shape index (κ2) is 7.22. The molecule has 122 valence electrons. The third-order valence-corrected chi connectivity index (χ3v) is 5.87. The van der Waals surface area contributed by atoms with E-state index < -0.39 is 9.84 Å². The largest absolute Gasteiger partial charge is 0.352 e. The molecule has 2 rings (SSSR count). The monoisotopic (exact) mass is 324 g/mol. The Morgan fingerprint density at radius 3 is 2.55 bits per heavy atom. The van der Waals surface area contributed by atoms with Crippen LogP contribution in [0.4, 0.5) is 0 Å². The zero-order valence-corrected chi connectivity index (χ0v) is 14.0. The molecule has 0 bridgehead atoms. The molecule has 0 aromatic carbocycles. The number of hydrogen-bond acceptors (Lipinski definition) is 4. The van der Waals surface area contributed by atoms with Gasteiger partial charge in [0.25, 0.3) is 5.91 Å². The molecule has 1 aliphatic heterocycles. The van der Waals surface area contributed by atoms with E-state index in [0.717, 1.165) is 12.1 Å². The summed E-state index contributed by atoms with van der Waals surface area (Å²) in [6, 6.07) is 3.68. The van der Waals surface area contributed by atoms with Gasteiger partial charge < -0.3 is 5.32 Å². The Labute approximate surface area is 132 Å². The van der Waals surface area contributed by atoms with Gasteiger partial charge in [0.15, 0.2) is 0 Å². The van der Waals surface area contributed by atoms with Gasteiger partial charge in [0.05, 0.1) is 17.1 Å². The van der Waals surface area contributed by atoms with Gasteiger partial charge in [0, 0.05) is 18.4 Å². The minimum Gasteiger partial charge on any atom is -0.352 e. The van der Waals surface area contributed by atoms with Gasteiger partial charge in [-0.3, -0.25) is 9.78 Å². The van der Waals surface area contributed by atoms with E-state index in [4.69, 9.17) is 0 Å². The van der Waals surface area contributed by atoms with Gasteiger partial charge in [-0.25, -0.2) is 8.42 Å². The summed E-state index contributed by atoms with van der Waals surface area (Å²) in [5.74, 6) is 1.19. The average molecular weight is 324 g/mol. The molecule has 1 fully saturated rings. The third-order valence-electron chi connectivity index (χ3n) is 4.15. The van der Waals surface area contributed by atoms with E-state index in [0.29, 0.717) is 36.8 Å². The Morgan fingerprint density at radius 2 is 2.00 bits per heavy atom. The fourth-order valence-electron chi connectivity index (χ4n) is 2.60. The molecule has 0 aliphatic carbocycles. The van der Waals surface area contributed by atoms with Crippen molar-refractivity contribution in [3.63, 3.8) is 0 Å². The molecule has 0 spiro atoms. The number of nitrogens with one attached hydrogen (secondary N) is 1. The highest BCUT2D eigenvalue weighted by Gasteiger charge is 2.23. The van der Waals surface area contributed by atoms with Crippen LogP contribution in [0.1, 0.15) is 55.1 Å². The number of hydrogen-bond donors (Lipinski definition) is 1. The summed E-state index contributed by atoms with van der Waals surface area (Å²) in [5.41, 5.74) is 1.54. The van der Waals surface area contributed by atoms with Crippen molar-refractivity contribution >= 4 is 15.7 Å². The fraction of sp³-hybridized carbons (Fsp3) is 0.625. The fourth-order valence-corrected chi connectivity index (χ4v) is 4.19. The molecular formula is C16H24N2O3S. The molecule has 0 atom stereocenters. The van der Waals surface area contributed by atoms with Crippen LogP contribution in [-0.4, -0.2) is 37.4 Å². The second-order valence-corrected chi connectivity index (χ2v) is 8.57. The Bertz CT molecular complexity index is 595. The van der Waals surface area contributed by atoms with Gasteiger partial charge in [0.2, 0.25) is 0 Å². The Balaban J connectivity index is 1.76. The van der Waals surface area contributed by atoms with Crippen LogP contribution in [-0.2, 0) is 9.84 Å². The molecule has 1 saturated heterocycles. The predicted molar refractivity (Wildman–Crippen MR) is 86.7 cm³/mol. The number of carbonyl (C=O) groups excluding carboxylic acids is 1. The van der Waals surface area contributed by atoms with Gasteiger partial charge in [-0.1, -0.05) is 13.8 Å². The van der Waals surface area contributed by atoms with Crippen molar-refractivity contribution in [1.29, 1.82) is 0 Å². The van der Waals surface area contributed by atoms with Gasteiger partial charge in [-0.15, -0.1) is 0 Å². The van der Waals surface area contributed by atoms with E-state index in [2.05, 4.69) is 24.1 Å². The first-order valence-corrected chi connectivity index (χ1v) is 9.64. The van der Waals surface area contributed by atoms with Crippen molar-refractivity contribution in [1.82, 2.24) is 10.3 Å². The van der Waals surface area contributed by atoms with Crippen molar-refractivity contribution in [3.05, 3.63) is 29.6 Å². The molecule has 2 heterocycles. The smallest absolute Gasteiger partial charge is 0.252 e. The highest BCUT2D eigenvalue weighted by molar-refractivity contribution is 7.91. The molecule has 1 N–H and O–H groups in total. The summed E-state index contributed by atoms with van der Waals surface area (Å²) in [7, 11) is -2.81. The average Bonchev–Trinajstić information content (AvgIpc) is 2.49. The Hall–Kier alpha value is -1.43. The maximum atomic E-state index is 12.0. The van der Waals surface area contributed by atoms with E-state index in [1.54, 1.807) is 12.3 Å². The summed E-state index contributed by atoms with van der Waals surface area (Å²) in [5, 5.41) is 2.89. The maximum absolute atomic E-state index is 12.0. The van der Waals surface area contributed by atoms with Crippen molar-refractivity contribution in [2.24, 2.45) is 5.92 Å². The van der Waals surface area contributed by atoms with E-state index >= 15 is 0 Å². The van der Waals surface area contributed by atoms with Crippen molar-refractivity contribution < 1.29 is 13.2 Å². The van der Waals surface area contributed by atoms with Crippen LogP contribution in [0.5, 0.6) is 0 Å². The molecule has 1 amide bonds. The molecule has 22 heavy (non-hydrogen) atoms. The third kappa shape index (κ3) is 4.80. The van der Waals surface area contributed by atoms with E-state index in [-0.39, 0.29) is 17.4 Å². The molecule has 1 aliphatic rings. The van der Waals surface area contributed by atoms with Gasteiger partial charge in [-0.05, 0) is 43.2 Å². The van der Waals surface area contributed by atoms with Gasteiger partial charge in [-0.2, -0.15) is 0 Å². The molecule has 0 radical (unpaired) electrons. The Morgan fingerprint density at radius 1 is 1.32 bits per heavy atom. The molecule has 6 heteroatoms. The SMILES string of the molecule is CC(C)c1ccc(C(=O)NCCC2CCS(=O)(=O)CC2)cn1. The lowest BCUT2D eigenvalue weighted by atomic mass is 9.99. The lowest BCUT2D eigenvalue weighted by Gasteiger charge is -2.21. The number of amides is 1. The summed E-state index contributed by atoms with van der Waals surface area (Å²) >= 11 is 0. The predicted octanol–water partition coefficient (Wildman–Crippen LogP) is 2.15. The van der Waals surface area contributed by atoms with Crippen molar-refractivity contribution in [2.45, 2.75) is 39.0 Å². The van der Waals surface area contributed by atoms with Crippen LogP contribution in [0.3, 0.4) is 0 Å². The van der Waals surface area contributed by atoms with Crippen molar-refractivity contribution in [3.8, 4) is 0 Å². The Kier molecular flexibility index (Phi) is 5.56. The standard InChI is InChI=1S/C16H24N2O3S/c1-12(2)15-4-3-14(11-18-15)16(19)17-8-5-13-6-9-22(20,21)10-7-13/h3-4,11-13H,5-10H2,1-2H3,(H,17,19). The molecule has 1 aromatic heterocycles. The number of nitrogens with zero attached hydrogens (tertiary/aromatic N) is 1. The zero-order valence-electron chi connectivity index (χ0n) is 13.2. The van der Waals surface area contributed by atoms with Crippen molar-refractivity contribution in [2.75, 3.05) is 18.1 Å². The molecular weight excluding hydrogens is 300 g/mol. The summed E-state index contributed by atoms with van der Waals surface area (Å²) in [6.07, 6.45) is 3.86. The lowest BCUT2D eigenvalue weighted by Crippen LogP contribution is -2.29. The summed E-state index contributed by atoms with van der Waals surface area (Å²) in [4.78, 5) is 16.3. The first-order chi connectivity index (χ1) is 10.4. The van der Waals surface area contributed by atoms with Crippen LogP contribution < -0.4 is 5.32 Å². The number of rotatable bonds is 5. The highest BCUT2D eigenvalue weighted by Crippen LogP contribution is 2.21. The van der Waals surface area contributed by atoms with Crippen LogP contribution in [0, 0.1) is 5.92 Å². The van der Waals surface area contributed by atoms with Crippen LogP contribution in [0.2, 0.25) is 0 Å². The van der Waals surface area contributed by atoms with Gasteiger partial charge in [0.1, 0.15) is 9.84 Å². The summed E-state index contributed by atoms with van der Waals surface area (Å²) in [6.45, 7) is 4.70. The maximum Gasteiger partial charge on any atom is 0.252 e. The highest BCUT2D eigenvalue weighted by atomic mass is 32.2. The number of aromatic nitrogens is 1. The van der Waals surface area contributed by atoms with E-state index in [1.807, 2.05) is 6.07 Å². The molecule has 5 nitrogen and oxygen atoms in total. The van der Waals surface area contributed by atoms with Gasteiger partial charge >= 0.3 is 0 Å².